The van der Waals surface area contributed by atoms with E-state index < -0.39 is 5.97 Å². The van der Waals surface area contributed by atoms with Crippen molar-refractivity contribution in [3.8, 4) is 0 Å². The number of aliphatic carboxylic acids is 1. The summed E-state index contributed by atoms with van der Waals surface area (Å²) in [5, 5.41) is 12.5. The SMILES string of the molecule is O=C(O)CCCSc1ncnc2sccc12. The standard InChI is InChI=1S/C10H10N2O2S2/c13-8(14)2-1-4-15-9-7-3-5-16-10(7)12-6-11-9/h3,5-6H,1-2,4H2,(H,13,14). The van der Waals surface area contributed by atoms with Gasteiger partial charge in [0.05, 0.1) is 0 Å². The Hall–Kier alpha value is -1.14. The van der Waals surface area contributed by atoms with E-state index >= 15 is 0 Å². The third kappa shape index (κ3) is 2.70. The zero-order valence-electron chi connectivity index (χ0n) is 8.42. The highest BCUT2D eigenvalue weighted by Gasteiger charge is 2.05. The van der Waals surface area contributed by atoms with Crippen molar-refractivity contribution in [3.05, 3.63) is 17.8 Å². The molecular weight excluding hydrogens is 244 g/mol. The zero-order chi connectivity index (χ0) is 11.4. The van der Waals surface area contributed by atoms with E-state index in [1.165, 1.54) is 0 Å². The number of thiophene rings is 1. The van der Waals surface area contributed by atoms with Gasteiger partial charge in [-0.1, -0.05) is 0 Å². The summed E-state index contributed by atoms with van der Waals surface area (Å²) in [6, 6.07) is 2.00. The summed E-state index contributed by atoms with van der Waals surface area (Å²) in [4.78, 5) is 19.7. The lowest BCUT2D eigenvalue weighted by atomic mass is 10.3. The van der Waals surface area contributed by atoms with E-state index in [9.17, 15) is 4.79 Å². The molecule has 4 nitrogen and oxygen atoms in total. The summed E-state index contributed by atoms with van der Waals surface area (Å²) >= 11 is 3.18. The van der Waals surface area contributed by atoms with Gasteiger partial charge in [-0.05, 0) is 17.9 Å². The van der Waals surface area contributed by atoms with Crippen LogP contribution in [0.1, 0.15) is 12.8 Å². The molecule has 0 aliphatic rings. The van der Waals surface area contributed by atoms with Gasteiger partial charge in [0.1, 0.15) is 16.2 Å². The highest BCUT2D eigenvalue weighted by molar-refractivity contribution is 7.99. The molecule has 0 aliphatic carbocycles. The summed E-state index contributed by atoms with van der Waals surface area (Å²) in [5.41, 5.74) is 0. The van der Waals surface area contributed by atoms with Gasteiger partial charge in [-0.3, -0.25) is 4.79 Å². The largest absolute Gasteiger partial charge is 0.481 e. The van der Waals surface area contributed by atoms with E-state index in [1.807, 2.05) is 11.4 Å². The van der Waals surface area contributed by atoms with Gasteiger partial charge in [-0.2, -0.15) is 0 Å². The second-order valence-corrected chi connectivity index (χ2v) is 5.14. The number of carboxylic acids is 1. The molecule has 0 saturated carbocycles. The molecule has 0 radical (unpaired) electrons. The molecule has 84 valence electrons. The Morgan fingerprint density at radius 3 is 3.19 bits per heavy atom. The maximum absolute atomic E-state index is 10.3. The fraction of sp³-hybridized carbons (Fsp3) is 0.300. The van der Waals surface area contributed by atoms with Crippen molar-refractivity contribution in [2.24, 2.45) is 0 Å². The predicted octanol–water partition coefficient (Wildman–Crippen LogP) is 2.65. The van der Waals surface area contributed by atoms with Gasteiger partial charge in [0, 0.05) is 17.6 Å². The summed E-state index contributed by atoms with van der Waals surface area (Å²) < 4.78 is 0. The Kier molecular flexibility index (Phi) is 3.74. The van der Waals surface area contributed by atoms with Crippen molar-refractivity contribution in [2.75, 3.05) is 5.75 Å². The van der Waals surface area contributed by atoms with Crippen LogP contribution in [0.3, 0.4) is 0 Å². The van der Waals surface area contributed by atoms with E-state index in [1.54, 1.807) is 29.4 Å². The van der Waals surface area contributed by atoms with Crippen LogP contribution in [0.15, 0.2) is 22.8 Å². The van der Waals surface area contributed by atoms with Crippen molar-refractivity contribution < 1.29 is 9.90 Å². The average Bonchev–Trinajstić information content (AvgIpc) is 2.72. The Balaban J connectivity index is 1.98. The van der Waals surface area contributed by atoms with Crippen molar-refractivity contribution in [3.63, 3.8) is 0 Å². The molecule has 0 spiro atoms. The lowest BCUT2D eigenvalue weighted by molar-refractivity contribution is -0.137. The highest BCUT2D eigenvalue weighted by Crippen LogP contribution is 2.27. The number of carboxylic acid groups (broad SMARTS) is 1. The van der Waals surface area contributed by atoms with Crippen LogP contribution in [-0.2, 0) is 4.79 Å². The fourth-order valence-electron chi connectivity index (χ4n) is 1.27. The Morgan fingerprint density at radius 2 is 2.38 bits per heavy atom. The van der Waals surface area contributed by atoms with Crippen LogP contribution in [0.4, 0.5) is 0 Å². The van der Waals surface area contributed by atoms with Crippen LogP contribution in [-0.4, -0.2) is 26.8 Å². The first-order chi connectivity index (χ1) is 7.77. The molecule has 2 heterocycles. The molecule has 0 atom stereocenters. The quantitative estimate of drug-likeness (QED) is 0.505. The van der Waals surface area contributed by atoms with Gasteiger partial charge in [0.25, 0.3) is 0 Å². The molecule has 2 aromatic rings. The van der Waals surface area contributed by atoms with Crippen LogP contribution in [0.2, 0.25) is 0 Å². The number of aromatic nitrogens is 2. The first-order valence-electron chi connectivity index (χ1n) is 4.80. The molecular formula is C10H10N2O2S2. The van der Waals surface area contributed by atoms with E-state index in [0.717, 1.165) is 21.0 Å². The van der Waals surface area contributed by atoms with Crippen molar-refractivity contribution >= 4 is 39.3 Å². The second kappa shape index (κ2) is 5.27. The van der Waals surface area contributed by atoms with Gasteiger partial charge in [0.2, 0.25) is 0 Å². The van der Waals surface area contributed by atoms with Gasteiger partial charge in [0.15, 0.2) is 0 Å². The number of carbonyl (C=O) groups is 1. The van der Waals surface area contributed by atoms with E-state index in [0.29, 0.717) is 6.42 Å². The van der Waals surface area contributed by atoms with E-state index in [-0.39, 0.29) is 6.42 Å². The number of fused-ring (bicyclic) bond motifs is 1. The summed E-state index contributed by atoms with van der Waals surface area (Å²) in [7, 11) is 0. The lowest BCUT2D eigenvalue weighted by Crippen LogP contribution is -1.95. The van der Waals surface area contributed by atoms with Crippen LogP contribution in [0, 0.1) is 0 Å². The maximum atomic E-state index is 10.3. The molecule has 0 amide bonds. The maximum Gasteiger partial charge on any atom is 0.303 e. The Bertz CT molecular complexity index is 498. The van der Waals surface area contributed by atoms with Crippen molar-refractivity contribution in [1.82, 2.24) is 9.97 Å². The van der Waals surface area contributed by atoms with Crippen molar-refractivity contribution in [1.29, 1.82) is 0 Å². The molecule has 6 heteroatoms. The summed E-state index contributed by atoms with van der Waals surface area (Å²) in [6.45, 7) is 0. The summed E-state index contributed by atoms with van der Waals surface area (Å²) in [6.07, 6.45) is 2.43. The molecule has 0 aliphatic heterocycles. The molecule has 0 fully saturated rings. The molecule has 1 N–H and O–H groups in total. The van der Waals surface area contributed by atoms with Gasteiger partial charge in [-0.15, -0.1) is 23.1 Å². The predicted molar refractivity (Wildman–Crippen MR) is 65.0 cm³/mol. The smallest absolute Gasteiger partial charge is 0.303 e. The molecule has 0 bridgehead atoms. The number of rotatable bonds is 5. The normalized spacial score (nSPS) is 10.8. The molecule has 0 unspecified atom stereocenters. The minimum Gasteiger partial charge on any atom is -0.481 e. The van der Waals surface area contributed by atoms with E-state index in [2.05, 4.69) is 9.97 Å². The Morgan fingerprint density at radius 1 is 1.50 bits per heavy atom. The molecule has 0 saturated heterocycles. The van der Waals surface area contributed by atoms with Crippen LogP contribution in [0.5, 0.6) is 0 Å². The van der Waals surface area contributed by atoms with Gasteiger partial charge in [-0.25, -0.2) is 9.97 Å². The van der Waals surface area contributed by atoms with E-state index in [4.69, 9.17) is 5.11 Å². The third-order valence-electron chi connectivity index (χ3n) is 2.00. The van der Waals surface area contributed by atoms with Gasteiger partial charge < -0.3 is 5.11 Å². The van der Waals surface area contributed by atoms with Gasteiger partial charge >= 0.3 is 5.97 Å². The second-order valence-electron chi connectivity index (χ2n) is 3.16. The fourth-order valence-corrected chi connectivity index (χ4v) is 3.00. The topological polar surface area (TPSA) is 63.1 Å². The van der Waals surface area contributed by atoms with Crippen LogP contribution in [0.25, 0.3) is 10.2 Å². The molecule has 2 aromatic heterocycles. The van der Waals surface area contributed by atoms with Crippen LogP contribution < -0.4 is 0 Å². The third-order valence-corrected chi connectivity index (χ3v) is 3.91. The zero-order valence-corrected chi connectivity index (χ0v) is 10.1. The average molecular weight is 254 g/mol. The Labute approximate surface area is 101 Å². The molecule has 0 aromatic carbocycles. The molecule has 16 heavy (non-hydrogen) atoms. The number of thioether (sulfide) groups is 1. The minimum atomic E-state index is -0.746. The van der Waals surface area contributed by atoms with Crippen LogP contribution >= 0.6 is 23.1 Å². The summed E-state index contributed by atoms with van der Waals surface area (Å²) in [5.74, 6) is 0.0258. The number of nitrogens with zero attached hydrogens (tertiary/aromatic N) is 2. The minimum absolute atomic E-state index is 0.213. The lowest BCUT2D eigenvalue weighted by Gasteiger charge is -2.00. The number of hydrogen-bond acceptors (Lipinski definition) is 5. The number of hydrogen-bond donors (Lipinski definition) is 1. The first kappa shape index (κ1) is 11.3. The highest BCUT2D eigenvalue weighted by atomic mass is 32.2. The van der Waals surface area contributed by atoms with Crippen molar-refractivity contribution in [2.45, 2.75) is 17.9 Å². The molecule has 2 rings (SSSR count). The monoisotopic (exact) mass is 254 g/mol. The first-order valence-corrected chi connectivity index (χ1v) is 6.66.